The van der Waals surface area contributed by atoms with Crippen LogP contribution in [-0.4, -0.2) is 30.2 Å². The quantitative estimate of drug-likeness (QED) is 0.383. The molecule has 1 fully saturated rings. The van der Waals surface area contributed by atoms with Gasteiger partial charge in [-0.15, -0.1) is 11.3 Å². The monoisotopic (exact) mass is 484 g/mol. The summed E-state index contributed by atoms with van der Waals surface area (Å²) in [5.41, 5.74) is 2.18. The summed E-state index contributed by atoms with van der Waals surface area (Å²) in [5, 5.41) is 6.34. The van der Waals surface area contributed by atoms with Crippen LogP contribution in [0.3, 0.4) is 0 Å². The number of nitrogens with zero attached hydrogens (tertiary/aromatic N) is 1. The second-order valence-electron chi connectivity index (χ2n) is 7.59. The van der Waals surface area contributed by atoms with E-state index in [1.807, 2.05) is 36.6 Å². The number of anilines is 1. The lowest BCUT2D eigenvalue weighted by Gasteiger charge is -2.15. The lowest BCUT2D eigenvalue weighted by Crippen LogP contribution is -2.17. The SMILES string of the molecule is Cc1nc(COc2ccccc2C=CC(=O)Nc2cc(Cl)ccc2OCC2CCCO2)cs1. The van der Waals surface area contributed by atoms with Crippen molar-refractivity contribution in [1.29, 1.82) is 0 Å². The van der Waals surface area contributed by atoms with Crippen LogP contribution < -0.4 is 14.8 Å². The van der Waals surface area contributed by atoms with E-state index in [4.69, 9.17) is 25.8 Å². The maximum absolute atomic E-state index is 12.6. The molecule has 1 aliphatic heterocycles. The van der Waals surface area contributed by atoms with Crippen molar-refractivity contribution in [2.75, 3.05) is 18.5 Å². The number of nitrogens with one attached hydrogen (secondary N) is 1. The molecule has 1 aliphatic rings. The maximum atomic E-state index is 12.6. The minimum atomic E-state index is -0.302. The summed E-state index contributed by atoms with van der Waals surface area (Å²) in [5.74, 6) is 0.929. The first-order valence-corrected chi connectivity index (χ1v) is 12.0. The van der Waals surface area contributed by atoms with Gasteiger partial charge in [-0.1, -0.05) is 29.8 Å². The van der Waals surface area contributed by atoms with Crippen molar-refractivity contribution >= 4 is 40.6 Å². The topological polar surface area (TPSA) is 69.7 Å². The molecule has 3 aromatic rings. The van der Waals surface area contributed by atoms with Gasteiger partial charge in [-0.3, -0.25) is 4.79 Å². The average Bonchev–Trinajstić information content (AvgIpc) is 3.48. The zero-order chi connectivity index (χ0) is 23.0. The number of halogens is 1. The highest BCUT2D eigenvalue weighted by atomic mass is 35.5. The molecule has 8 heteroatoms. The van der Waals surface area contributed by atoms with Crippen molar-refractivity contribution in [2.24, 2.45) is 0 Å². The number of aryl methyl sites for hydroxylation is 1. The fourth-order valence-electron chi connectivity index (χ4n) is 3.40. The normalized spacial score (nSPS) is 15.6. The summed E-state index contributed by atoms with van der Waals surface area (Å²) < 4.78 is 17.4. The van der Waals surface area contributed by atoms with E-state index in [1.165, 1.54) is 6.08 Å². The van der Waals surface area contributed by atoms with Crippen LogP contribution in [0.2, 0.25) is 5.02 Å². The molecule has 1 unspecified atom stereocenters. The van der Waals surface area contributed by atoms with E-state index in [1.54, 1.807) is 35.6 Å². The number of hydrogen-bond donors (Lipinski definition) is 1. The standard InChI is InChI=1S/C25H25ClN2O4S/c1-17-27-20(16-33-17)14-31-23-7-3-2-5-18(23)8-11-25(29)28-22-13-19(26)9-10-24(22)32-15-21-6-4-12-30-21/h2-3,5,7-11,13,16,21H,4,6,12,14-15H2,1H3,(H,28,29). The third-order valence-corrected chi connectivity index (χ3v) is 6.08. The molecule has 0 aliphatic carbocycles. The summed E-state index contributed by atoms with van der Waals surface area (Å²) >= 11 is 7.72. The minimum Gasteiger partial charge on any atom is -0.489 e. The first-order chi connectivity index (χ1) is 16.1. The van der Waals surface area contributed by atoms with Gasteiger partial charge in [-0.05, 0) is 50.1 Å². The van der Waals surface area contributed by atoms with E-state index >= 15 is 0 Å². The third-order valence-electron chi connectivity index (χ3n) is 5.02. The average molecular weight is 485 g/mol. The summed E-state index contributed by atoms with van der Waals surface area (Å²) in [6, 6.07) is 12.7. The Hall–Kier alpha value is -2.87. The van der Waals surface area contributed by atoms with Gasteiger partial charge in [0.2, 0.25) is 5.91 Å². The number of para-hydroxylation sites is 1. The molecule has 0 bridgehead atoms. The molecule has 2 heterocycles. The number of amides is 1. The van der Waals surface area contributed by atoms with Crippen LogP contribution in [0.15, 0.2) is 53.9 Å². The van der Waals surface area contributed by atoms with Gasteiger partial charge in [0.05, 0.1) is 22.5 Å². The van der Waals surface area contributed by atoms with Crippen molar-refractivity contribution in [1.82, 2.24) is 4.98 Å². The summed E-state index contributed by atoms with van der Waals surface area (Å²) in [7, 11) is 0. The molecule has 1 N–H and O–H groups in total. The fourth-order valence-corrected chi connectivity index (χ4v) is 4.17. The van der Waals surface area contributed by atoms with Gasteiger partial charge < -0.3 is 19.5 Å². The van der Waals surface area contributed by atoms with Gasteiger partial charge in [0.25, 0.3) is 0 Å². The number of benzene rings is 2. The Bertz CT molecular complexity index is 1130. The highest BCUT2D eigenvalue weighted by molar-refractivity contribution is 7.09. The highest BCUT2D eigenvalue weighted by Gasteiger charge is 2.17. The first kappa shape index (κ1) is 23.3. The van der Waals surface area contributed by atoms with Crippen molar-refractivity contribution in [3.8, 4) is 11.5 Å². The predicted molar refractivity (Wildman–Crippen MR) is 131 cm³/mol. The Morgan fingerprint density at radius 1 is 1.27 bits per heavy atom. The molecule has 172 valence electrons. The molecule has 1 aromatic heterocycles. The highest BCUT2D eigenvalue weighted by Crippen LogP contribution is 2.29. The van der Waals surface area contributed by atoms with Gasteiger partial charge in [0.1, 0.15) is 24.7 Å². The number of ether oxygens (including phenoxy) is 3. The van der Waals surface area contributed by atoms with E-state index in [-0.39, 0.29) is 12.0 Å². The number of thiazole rings is 1. The van der Waals surface area contributed by atoms with Crippen LogP contribution in [0, 0.1) is 6.92 Å². The Morgan fingerprint density at radius 3 is 2.94 bits per heavy atom. The molecular weight excluding hydrogens is 460 g/mol. The number of rotatable bonds is 9. The van der Waals surface area contributed by atoms with Crippen molar-refractivity contribution in [3.05, 3.63) is 75.2 Å². The van der Waals surface area contributed by atoms with E-state index in [0.29, 0.717) is 35.4 Å². The van der Waals surface area contributed by atoms with Crippen LogP contribution >= 0.6 is 22.9 Å². The second-order valence-corrected chi connectivity index (χ2v) is 9.09. The van der Waals surface area contributed by atoms with Gasteiger partial charge in [0.15, 0.2) is 0 Å². The number of hydrogen-bond acceptors (Lipinski definition) is 6. The third kappa shape index (κ3) is 6.81. The van der Waals surface area contributed by atoms with Gasteiger partial charge in [-0.25, -0.2) is 4.98 Å². The van der Waals surface area contributed by atoms with E-state index < -0.39 is 0 Å². The summed E-state index contributed by atoms with van der Waals surface area (Å²) in [4.78, 5) is 17.0. The zero-order valence-electron chi connectivity index (χ0n) is 18.3. The number of aromatic nitrogens is 1. The fraction of sp³-hybridized carbons (Fsp3) is 0.280. The lowest BCUT2D eigenvalue weighted by molar-refractivity contribution is -0.111. The van der Waals surface area contributed by atoms with E-state index in [2.05, 4.69) is 10.3 Å². The van der Waals surface area contributed by atoms with Crippen LogP contribution in [0.1, 0.15) is 29.1 Å². The smallest absolute Gasteiger partial charge is 0.248 e. The maximum Gasteiger partial charge on any atom is 0.248 e. The van der Waals surface area contributed by atoms with Crippen molar-refractivity contribution < 1.29 is 19.0 Å². The molecule has 4 rings (SSSR count). The Balaban J connectivity index is 1.39. The van der Waals surface area contributed by atoms with Crippen molar-refractivity contribution in [3.63, 3.8) is 0 Å². The van der Waals surface area contributed by atoms with Crippen LogP contribution in [0.5, 0.6) is 11.5 Å². The first-order valence-electron chi connectivity index (χ1n) is 10.7. The van der Waals surface area contributed by atoms with Gasteiger partial charge in [0, 0.05) is 28.6 Å². The van der Waals surface area contributed by atoms with Gasteiger partial charge >= 0.3 is 0 Å². The van der Waals surface area contributed by atoms with Crippen LogP contribution in [0.25, 0.3) is 6.08 Å². The lowest BCUT2D eigenvalue weighted by atomic mass is 10.2. The van der Waals surface area contributed by atoms with Crippen LogP contribution in [0.4, 0.5) is 5.69 Å². The van der Waals surface area contributed by atoms with Gasteiger partial charge in [-0.2, -0.15) is 0 Å². The minimum absolute atomic E-state index is 0.0776. The molecule has 1 amide bonds. The molecule has 33 heavy (non-hydrogen) atoms. The molecule has 0 saturated carbocycles. The number of carbonyl (C=O) groups excluding carboxylic acids is 1. The molecule has 1 atom stereocenters. The molecule has 2 aromatic carbocycles. The molecule has 6 nitrogen and oxygen atoms in total. The summed E-state index contributed by atoms with van der Waals surface area (Å²) in [6.45, 7) is 3.53. The molecule has 0 spiro atoms. The van der Waals surface area contributed by atoms with E-state index in [9.17, 15) is 4.79 Å². The largest absolute Gasteiger partial charge is 0.489 e. The second kappa shape index (κ2) is 11.3. The number of carbonyl (C=O) groups is 1. The Labute approximate surface area is 202 Å². The zero-order valence-corrected chi connectivity index (χ0v) is 19.8. The molecular formula is C25H25ClN2O4S. The molecule has 0 radical (unpaired) electrons. The molecule has 1 saturated heterocycles. The van der Waals surface area contributed by atoms with E-state index in [0.717, 1.165) is 35.7 Å². The summed E-state index contributed by atoms with van der Waals surface area (Å²) in [6.07, 6.45) is 5.27. The Kier molecular flexibility index (Phi) is 7.99. The predicted octanol–water partition coefficient (Wildman–Crippen LogP) is 5.89. The Morgan fingerprint density at radius 2 is 2.15 bits per heavy atom. The van der Waals surface area contributed by atoms with Crippen LogP contribution in [-0.2, 0) is 16.1 Å². The van der Waals surface area contributed by atoms with Crippen molar-refractivity contribution in [2.45, 2.75) is 32.5 Å².